The van der Waals surface area contributed by atoms with E-state index in [2.05, 4.69) is 28.7 Å². The Labute approximate surface area is 90.1 Å². The Kier molecular flexibility index (Phi) is 3.84. The highest BCUT2D eigenvalue weighted by Crippen LogP contribution is 2.08. The normalized spacial score (nSPS) is 11.4. The first-order valence-corrected chi connectivity index (χ1v) is 5.07. The molecule has 0 radical (unpaired) electrons. The number of halogens is 1. The zero-order valence-corrected chi connectivity index (χ0v) is 9.84. The highest BCUT2D eigenvalue weighted by molar-refractivity contribution is 6.29. The van der Waals surface area contributed by atoms with Gasteiger partial charge in [-0.25, -0.2) is 9.97 Å². The molecular formula is C10H16ClN3. The number of nitrogens with zero attached hydrogens (tertiary/aromatic N) is 3. The Morgan fingerprint density at radius 3 is 2.57 bits per heavy atom. The first kappa shape index (κ1) is 11.4. The van der Waals surface area contributed by atoms with Gasteiger partial charge in [-0.05, 0) is 33.9 Å². The van der Waals surface area contributed by atoms with Crippen molar-refractivity contribution in [1.29, 1.82) is 0 Å². The topological polar surface area (TPSA) is 29.0 Å². The Morgan fingerprint density at radius 1 is 1.43 bits per heavy atom. The van der Waals surface area contributed by atoms with E-state index in [1.54, 1.807) is 6.07 Å². The number of rotatable bonds is 3. The van der Waals surface area contributed by atoms with Crippen LogP contribution in [-0.4, -0.2) is 28.0 Å². The molecule has 3 nitrogen and oxygen atoms in total. The standard InChI is InChI=1S/C10H16ClN3/c1-7(2)14(4)6-10-12-8(3)5-9(11)13-10/h5,7H,6H2,1-4H3. The molecule has 0 aromatic carbocycles. The molecule has 0 amide bonds. The van der Waals surface area contributed by atoms with Crippen LogP contribution in [0.5, 0.6) is 0 Å². The molecule has 0 saturated heterocycles. The van der Waals surface area contributed by atoms with Crippen molar-refractivity contribution in [2.45, 2.75) is 33.4 Å². The van der Waals surface area contributed by atoms with Gasteiger partial charge >= 0.3 is 0 Å². The van der Waals surface area contributed by atoms with Gasteiger partial charge in [-0.2, -0.15) is 0 Å². The van der Waals surface area contributed by atoms with Crippen molar-refractivity contribution in [3.8, 4) is 0 Å². The fourth-order valence-electron chi connectivity index (χ4n) is 1.07. The molecule has 0 saturated carbocycles. The van der Waals surface area contributed by atoms with Crippen LogP contribution in [0.1, 0.15) is 25.4 Å². The second-order valence-electron chi connectivity index (χ2n) is 3.76. The molecule has 0 fully saturated rings. The molecule has 78 valence electrons. The fraction of sp³-hybridized carbons (Fsp3) is 0.600. The molecule has 1 aromatic rings. The average Bonchev–Trinajstić information content (AvgIpc) is 2.01. The fourth-order valence-corrected chi connectivity index (χ4v) is 1.32. The molecule has 0 aliphatic heterocycles. The maximum absolute atomic E-state index is 5.84. The molecule has 1 rings (SSSR count). The van der Waals surface area contributed by atoms with Gasteiger partial charge in [0, 0.05) is 11.7 Å². The summed E-state index contributed by atoms with van der Waals surface area (Å²) >= 11 is 5.84. The van der Waals surface area contributed by atoms with E-state index in [1.165, 1.54) is 0 Å². The van der Waals surface area contributed by atoms with Gasteiger partial charge in [0.05, 0.1) is 6.54 Å². The van der Waals surface area contributed by atoms with Crippen LogP contribution in [0.15, 0.2) is 6.07 Å². The van der Waals surface area contributed by atoms with Crippen molar-refractivity contribution in [2.75, 3.05) is 7.05 Å². The summed E-state index contributed by atoms with van der Waals surface area (Å²) in [5.74, 6) is 0.784. The van der Waals surface area contributed by atoms with Crippen molar-refractivity contribution in [1.82, 2.24) is 14.9 Å². The second kappa shape index (κ2) is 4.71. The smallest absolute Gasteiger partial charge is 0.144 e. The minimum atomic E-state index is 0.484. The third-order valence-electron chi connectivity index (χ3n) is 2.14. The van der Waals surface area contributed by atoms with E-state index in [9.17, 15) is 0 Å². The zero-order valence-electron chi connectivity index (χ0n) is 9.08. The van der Waals surface area contributed by atoms with Crippen molar-refractivity contribution in [2.24, 2.45) is 0 Å². The Hall–Kier alpha value is -0.670. The van der Waals surface area contributed by atoms with Crippen molar-refractivity contribution < 1.29 is 0 Å². The molecule has 0 unspecified atom stereocenters. The van der Waals surface area contributed by atoms with Crippen molar-refractivity contribution in [3.05, 3.63) is 22.7 Å². The molecule has 0 N–H and O–H groups in total. The van der Waals surface area contributed by atoms with Gasteiger partial charge in [0.2, 0.25) is 0 Å². The van der Waals surface area contributed by atoms with E-state index in [4.69, 9.17) is 11.6 Å². The molecule has 0 atom stereocenters. The number of hydrogen-bond acceptors (Lipinski definition) is 3. The van der Waals surface area contributed by atoms with E-state index in [1.807, 2.05) is 14.0 Å². The van der Waals surface area contributed by atoms with Gasteiger partial charge in [-0.3, -0.25) is 4.90 Å². The predicted molar refractivity (Wildman–Crippen MR) is 58.4 cm³/mol. The van der Waals surface area contributed by atoms with E-state index < -0.39 is 0 Å². The molecule has 0 aliphatic carbocycles. The first-order valence-electron chi connectivity index (χ1n) is 4.69. The lowest BCUT2D eigenvalue weighted by Gasteiger charge is -2.19. The number of hydrogen-bond donors (Lipinski definition) is 0. The first-order chi connectivity index (χ1) is 6.49. The van der Waals surface area contributed by atoms with Crippen LogP contribution in [0.25, 0.3) is 0 Å². The van der Waals surface area contributed by atoms with Gasteiger partial charge in [-0.15, -0.1) is 0 Å². The molecule has 4 heteroatoms. The zero-order chi connectivity index (χ0) is 10.7. The van der Waals surface area contributed by atoms with Crippen LogP contribution in [-0.2, 0) is 6.54 Å². The van der Waals surface area contributed by atoms with Crippen LogP contribution in [0.3, 0.4) is 0 Å². The van der Waals surface area contributed by atoms with E-state index in [0.717, 1.165) is 18.1 Å². The summed E-state index contributed by atoms with van der Waals surface area (Å²) in [5.41, 5.74) is 0.914. The van der Waals surface area contributed by atoms with E-state index in [-0.39, 0.29) is 0 Å². The monoisotopic (exact) mass is 213 g/mol. The lowest BCUT2D eigenvalue weighted by Crippen LogP contribution is -2.26. The average molecular weight is 214 g/mol. The molecule has 1 heterocycles. The molecule has 0 bridgehead atoms. The maximum atomic E-state index is 5.84. The Morgan fingerprint density at radius 2 is 2.07 bits per heavy atom. The minimum absolute atomic E-state index is 0.484. The summed E-state index contributed by atoms with van der Waals surface area (Å²) in [6, 6.07) is 2.25. The van der Waals surface area contributed by atoms with Gasteiger partial charge in [0.15, 0.2) is 0 Å². The van der Waals surface area contributed by atoms with Crippen molar-refractivity contribution in [3.63, 3.8) is 0 Å². The highest BCUT2D eigenvalue weighted by atomic mass is 35.5. The number of aryl methyl sites for hydroxylation is 1. The summed E-state index contributed by atoms with van der Waals surface area (Å²) in [4.78, 5) is 10.7. The van der Waals surface area contributed by atoms with Crippen LogP contribution >= 0.6 is 11.6 Å². The van der Waals surface area contributed by atoms with E-state index >= 15 is 0 Å². The minimum Gasteiger partial charge on any atom is -0.297 e. The maximum Gasteiger partial charge on any atom is 0.144 e. The highest BCUT2D eigenvalue weighted by Gasteiger charge is 2.07. The molecule has 0 aliphatic rings. The van der Waals surface area contributed by atoms with Crippen LogP contribution in [0, 0.1) is 6.92 Å². The van der Waals surface area contributed by atoms with Crippen LogP contribution in [0.4, 0.5) is 0 Å². The van der Waals surface area contributed by atoms with Gasteiger partial charge in [0.25, 0.3) is 0 Å². The summed E-state index contributed by atoms with van der Waals surface area (Å²) in [6.45, 7) is 6.93. The van der Waals surface area contributed by atoms with Crippen LogP contribution in [0.2, 0.25) is 5.15 Å². The lowest BCUT2D eigenvalue weighted by molar-refractivity contribution is 0.259. The van der Waals surface area contributed by atoms with Gasteiger partial charge in [-0.1, -0.05) is 11.6 Å². The largest absolute Gasteiger partial charge is 0.297 e. The predicted octanol–water partition coefficient (Wildman–Crippen LogP) is 2.28. The molecule has 0 spiro atoms. The molecule has 1 aromatic heterocycles. The Balaban J connectivity index is 2.76. The second-order valence-corrected chi connectivity index (χ2v) is 4.14. The third kappa shape index (κ3) is 3.24. The van der Waals surface area contributed by atoms with Gasteiger partial charge < -0.3 is 0 Å². The summed E-state index contributed by atoms with van der Waals surface area (Å²) in [7, 11) is 2.05. The SMILES string of the molecule is Cc1cc(Cl)nc(CN(C)C(C)C)n1. The summed E-state index contributed by atoms with van der Waals surface area (Å²) < 4.78 is 0. The third-order valence-corrected chi connectivity index (χ3v) is 2.34. The molecule has 14 heavy (non-hydrogen) atoms. The summed E-state index contributed by atoms with van der Waals surface area (Å²) in [6.07, 6.45) is 0. The van der Waals surface area contributed by atoms with Crippen LogP contribution < -0.4 is 0 Å². The van der Waals surface area contributed by atoms with Gasteiger partial charge in [0.1, 0.15) is 11.0 Å². The number of aromatic nitrogens is 2. The molecular weight excluding hydrogens is 198 g/mol. The Bertz CT molecular complexity index is 292. The van der Waals surface area contributed by atoms with E-state index in [0.29, 0.717) is 11.2 Å². The summed E-state index contributed by atoms with van der Waals surface area (Å²) in [5, 5.41) is 0.518. The van der Waals surface area contributed by atoms with Crippen molar-refractivity contribution >= 4 is 11.6 Å². The lowest BCUT2D eigenvalue weighted by atomic mass is 10.3. The quantitative estimate of drug-likeness (QED) is 0.722.